The fourth-order valence-corrected chi connectivity index (χ4v) is 3.53. The molecule has 0 bridgehead atoms. The standard InChI is InChI=1S/C20H23ClFN3O2.HI/c1-26-18-7-6-16(12-17(18)21)25-19(23)24-13-20(8-10-27-11-9-20)14-2-4-15(22)5-3-14;/h2-7,12H,8-11,13H2,1H3,(H3,23,24,25);1H. The molecule has 2 aromatic rings. The topological polar surface area (TPSA) is 68.9 Å². The number of nitrogens with one attached hydrogen (secondary N) is 1. The van der Waals surface area contributed by atoms with Crippen LogP contribution in [0.1, 0.15) is 18.4 Å². The minimum absolute atomic E-state index is 0. The van der Waals surface area contributed by atoms with Gasteiger partial charge in [0.05, 0.1) is 18.7 Å². The number of methoxy groups -OCH3 is 1. The Morgan fingerprint density at radius 1 is 1.25 bits per heavy atom. The second kappa shape index (κ2) is 10.3. The SMILES string of the molecule is COc1ccc(NC(N)=NCC2(c3ccc(F)cc3)CCOCC2)cc1Cl.I. The van der Waals surface area contributed by atoms with Gasteiger partial charge in [-0.1, -0.05) is 23.7 Å². The molecule has 1 aliphatic rings. The lowest BCUT2D eigenvalue weighted by atomic mass is 9.74. The molecule has 0 amide bonds. The molecular formula is C20H24ClFIN3O2. The molecule has 0 aromatic heterocycles. The van der Waals surface area contributed by atoms with Gasteiger partial charge >= 0.3 is 0 Å². The number of guanidine groups is 1. The maximum atomic E-state index is 13.3. The molecule has 5 nitrogen and oxygen atoms in total. The zero-order valence-corrected chi connectivity index (χ0v) is 18.7. The van der Waals surface area contributed by atoms with Crippen LogP contribution in [0.3, 0.4) is 0 Å². The van der Waals surface area contributed by atoms with Gasteiger partial charge in [0.15, 0.2) is 5.96 Å². The first kappa shape index (κ1) is 22.7. The largest absolute Gasteiger partial charge is 0.495 e. The molecule has 0 aliphatic carbocycles. The van der Waals surface area contributed by atoms with Crippen molar-refractivity contribution in [2.24, 2.45) is 10.7 Å². The van der Waals surface area contributed by atoms with E-state index in [4.69, 9.17) is 26.8 Å². The quantitative estimate of drug-likeness (QED) is 0.345. The first-order chi connectivity index (χ1) is 13.0. The molecule has 8 heteroatoms. The summed E-state index contributed by atoms with van der Waals surface area (Å²) in [5, 5.41) is 3.54. The lowest BCUT2D eigenvalue weighted by Gasteiger charge is -2.36. The van der Waals surface area contributed by atoms with Crippen LogP contribution in [0.4, 0.5) is 10.1 Å². The van der Waals surface area contributed by atoms with Crippen molar-refractivity contribution >= 4 is 47.2 Å². The highest BCUT2D eigenvalue weighted by molar-refractivity contribution is 14.0. The fourth-order valence-electron chi connectivity index (χ4n) is 3.27. The third-order valence-corrected chi connectivity index (χ3v) is 5.18. The summed E-state index contributed by atoms with van der Waals surface area (Å²) in [7, 11) is 1.56. The number of nitrogens with two attached hydrogens (primary N) is 1. The number of ether oxygens (including phenoxy) is 2. The van der Waals surface area contributed by atoms with E-state index in [0.29, 0.717) is 36.5 Å². The third-order valence-electron chi connectivity index (χ3n) is 4.88. The van der Waals surface area contributed by atoms with Crippen LogP contribution in [0.25, 0.3) is 0 Å². The van der Waals surface area contributed by atoms with Crippen molar-refractivity contribution in [2.45, 2.75) is 18.3 Å². The van der Waals surface area contributed by atoms with Crippen molar-refractivity contribution < 1.29 is 13.9 Å². The van der Waals surface area contributed by atoms with Gasteiger partial charge in [-0.3, -0.25) is 4.99 Å². The molecule has 1 saturated heterocycles. The van der Waals surface area contributed by atoms with E-state index in [1.807, 2.05) is 18.2 Å². The van der Waals surface area contributed by atoms with Crippen LogP contribution in [-0.4, -0.2) is 32.8 Å². The van der Waals surface area contributed by atoms with E-state index >= 15 is 0 Å². The Balaban J connectivity index is 0.00000280. The summed E-state index contributed by atoms with van der Waals surface area (Å²) in [6.07, 6.45) is 1.62. The van der Waals surface area contributed by atoms with E-state index < -0.39 is 0 Å². The number of hydrogen-bond donors (Lipinski definition) is 2. The average Bonchev–Trinajstić information content (AvgIpc) is 2.68. The van der Waals surface area contributed by atoms with E-state index in [9.17, 15) is 4.39 Å². The zero-order chi connectivity index (χ0) is 19.3. The third kappa shape index (κ3) is 5.48. The number of nitrogens with zero attached hydrogens (tertiary/aromatic N) is 1. The summed E-state index contributed by atoms with van der Waals surface area (Å²) in [6.45, 7) is 1.79. The summed E-state index contributed by atoms with van der Waals surface area (Å²) in [5.41, 5.74) is 7.64. The zero-order valence-electron chi connectivity index (χ0n) is 15.6. The summed E-state index contributed by atoms with van der Waals surface area (Å²) in [6, 6.07) is 11.9. The molecule has 1 fully saturated rings. The highest BCUT2D eigenvalue weighted by atomic mass is 127. The monoisotopic (exact) mass is 519 g/mol. The van der Waals surface area contributed by atoms with E-state index in [0.717, 1.165) is 24.1 Å². The maximum absolute atomic E-state index is 13.3. The molecular weight excluding hydrogens is 496 g/mol. The van der Waals surface area contributed by atoms with Gasteiger partial charge in [0.2, 0.25) is 0 Å². The Morgan fingerprint density at radius 2 is 1.93 bits per heavy atom. The van der Waals surface area contributed by atoms with Crippen LogP contribution in [0.15, 0.2) is 47.5 Å². The first-order valence-electron chi connectivity index (χ1n) is 8.77. The number of halogens is 3. The van der Waals surface area contributed by atoms with Crippen molar-refractivity contribution in [1.29, 1.82) is 0 Å². The highest BCUT2D eigenvalue weighted by Crippen LogP contribution is 2.35. The lowest BCUT2D eigenvalue weighted by molar-refractivity contribution is 0.0531. The van der Waals surface area contributed by atoms with Crippen molar-refractivity contribution in [2.75, 3.05) is 32.2 Å². The minimum atomic E-state index is -0.248. The van der Waals surface area contributed by atoms with Crippen molar-refractivity contribution in [3.63, 3.8) is 0 Å². The molecule has 3 N–H and O–H groups in total. The van der Waals surface area contributed by atoms with Crippen LogP contribution >= 0.6 is 35.6 Å². The van der Waals surface area contributed by atoms with Crippen LogP contribution in [0.2, 0.25) is 5.02 Å². The van der Waals surface area contributed by atoms with E-state index in [2.05, 4.69) is 10.3 Å². The first-order valence-corrected chi connectivity index (χ1v) is 9.14. The Morgan fingerprint density at radius 3 is 2.54 bits per heavy atom. The number of rotatable bonds is 5. The molecule has 1 aliphatic heterocycles. The Bertz CT molecular complexity index is 812. The molecule has 0 spiro atoms. The van der Waals surface area contributed by atoms with Gasteiger partial charge in [0, 0.05) is 24.3 Å². The minimum Gasteiger partial charge on any atom is -0.495 e. The van der Waals surface area contributed by atoms with Crippen LogP contribution in [0.5, 0.6) is 5.75 Å². The normalized spacial score (nSPS) is 16.2. The smallest absolute Gasteiger partial charge is 0.193 e. The molecule has 152 valence electrons. The molecule has 0 radical (unpaired) electrons. The fraction of sp³-hybridized carbons (Fsp3) is 0.350. The van der Waals surface area contributed by atoms with Gasteiger partial charge < -0.3 is 20.5 Å². The molecule has 2 aromatic carbocycles. The van der Waals surface area contributed by atoms with Gasteiger partial charge in [-0.05, 0) is 48.7 Å². The molecule has 1 heterocycles. The second-order valence-corrected chi connectivity index (χ2v) is 6.98. The summed E-state index contributed by atoms with van der Waals surface area (Å²) in [4.78, 5) is 4.55. The van der Waals surface area contributed by atoms with Crippen molar-refractivity contribution in [3.8, 4) is 5.75 Å². The van der Waals surface area contributed by atoms with Gasteiger partial charge in [-0.15, -0.1) is 24.0 Å². The summed E-state index contributed by atoms with van der Waals surface area (Å²) in [5.74, 6) is 0.640. The Labute approximate surface area is 186 Å². The van der Waals surface area contributed by atoms with Crippen LogP contribution < -0.4 is 15.8 Å². The van der Waals surface area contributed by atoms with E-state index in [-0.39, 0.29) is 35.2 Å². The molecule has 28 heavy (non-hydrogen) atoms. The van der Waals surface area contributed by atoms with Gasteiger partial charge in [0.25, 0.3) is 0 Å². The molecule has 0 unspecified atom stereocenters. The van der Waals surface area contributed by atoms with Crippen molar-refractivity contribution in [3.05, 3.63) is 58.9 Å². The molecule has 0 saturated carbocycles. The Hall–Kier alpha value is -1.58. The maximum Gasteiger partial charge on any atom is 0.193 e. The number of benzene rings is 2. The number of anilines is 1. The average molecular weight is 520 g/mol. The van der Waals surface area contributed by atoms with Gasteiger partial charge in [-0.2, -0.15) is 0 Å². The van der Waals surface area contributed by atoms with E-state index in [1.165, 1.54) is 12.1 Å². The predicted octanol–water partition coefficient (Wildman–Crippen LogP) is 4.58. The van der Waals surface area contributed by atoms with Crippen LogP contribution in [0, 0.1) is 5.82 Å². The summed E-state index contributed by atoms with van der Waals surface area (Å²) < 4.78 is 24.0. The molecule has 3 rings (SSSR count). The molecule has 0 atom stereocenters. The highest BCUT2D eigenvalue weighted by Gasteiger charge is 2.34. The summed E-state index contributed by atoms with van der Waals surface area (Å²) >= 11 is 6.14. The lowest BCUT2D eigenvalue weighted by Crippen LogP contribution is -2.38. The van der Waals surface area contributed by atoms with Gasteiger partial charge in [0.1, 0.15) is 11.6 Å². The van der Waals surface area contributed by atoms with E-state index in [1.54, 1.807) is 19.2 Å². The number of aliphatic imine (C=N–C) groups is 1. The number of hydrogen-bond acceptors (Lipinski definition) is 3. The van der Waals surface area contributed by atoms with Gasteiger partial charge in [-0.25, -0.2) is 4.39 Å². The van der Waals surface area contributed by atoms with Crippen LogP contribution in [-0.2, 0) is 10.2 Å². The predicted molar refractivity (Wildman–Crippen MR) is 122 cm³/mol. The second-order valence-electron chi connectivity index (χ2n) is 6.58. The van der Waals surface area contributed by atoms with Crippen molar-refractivity contribution in [1.82, 2.24) is 0 Å². The Kier molecular flexibility index (Phi) is 8.33.